The quantitative estimate of drug-likeness (QED) is 0.564. The van der Waals surface area contributed by atoms with Crippen molar-refractivity contribution in [2.24, 2.45) is 0 Å². The van der Waals surface area contributed by atoms with Crippen molar-refractivity contribution >= 4 is 11.0 Å². The minimum Gasteiger partial charge on any atom is -0.483 e. The van der Waals surface area contributed by atoms with E-state index in [0.29, 0.717) is 11.4 Å². The predicted molar refractivity (Wildman–Crippen MR) is 92.2 cm³/mol. The van der Waals surface area contributed by atoms with Gasteiger partial charge in [-0.2, -0.15) is 0 Å². The van der Waals surface area contributed by atoms with E-state index in [1.54, 1.807) is 0 Å². The van der Waals surface area contributed by atoms with Gasteiger partial charge in [0, 0.05) is 5.56 Å². The fourth-order valence-corrected chi connectivity index (χ4v) is 2.65. The standard InChI is InChI=1S/C20H14F2N2O/c21-15-10-14(20-23-17-8-4-5-9-18(17)24-20)11-16(22)19(15)25-12-13-6-2-1-3-7-13/h1-11H,12H2,(H,23,24). The van der Waals surface area contributed by atoms with E-state index in [0.717, 1.165) is 16.6 Å². The van der Waals surface area contributed by atoms with Gasteiger partial charge in [-0.05, 0) is 29.8 Å². The van der Waals surface area contributed by atoms with Gasteiger partial charge < -0.3 is 9.72 Å². The maximum absolute atomic E-state index is 14.3. The SMILES string of the molecule is Fc1cc(-c2nc3ccccc3[nH]2)cc(F)c1OCc1ccccc1. The second kappa shape index (κ2) is 6.36. The number of imidazole rings is 1. The number of nitrogens with zero attached hydrogens (tertiary/aromatic N) is 1. The molecule has 0 aliphatic rings. The normalized spacial score (nSPS) is 11.0. The molecular weight excluding hydrogens is 322 g/mol. The van der Waals surface area contributed by atoms with Gasteiger partial charge in [0.25, 0.3) is 0 Å². The Hall–Kier alpha value is -3.21. The van der Waals surface area contributed by atoms with Gasteiger partial charge in [-0.15, -0.1) is 0 Å². The molecule has 0 unspecified atom stereocenters. The minimum absolute atomic E-state index is 0.0959. The highest BCUT2D eigenvalue weighted by molar-refractivity contribution is 5.79. The molecule has 3 aromatic carbocycles. The number of fused-ring (bicyclic) bond motifs is 1. The summed E-state index contributed by atoms with van der Waals surface area (Å²) in [6.07, 6.45) is 0. The summed E-state index contributed by atoms with van der Waals surface area (Å²) in [7, 11) is 0. The summed E-state index contributed by atoms with van der Waals surface area (Å²) in [6, 6.07) is 19.1. The predicted octanol–water partition coefficient (Wildman–Crippen LogP) is 5.09. The molecule has 0 radical (unpaired) electrons. The summed E-state index contributed by atoms with van der Waals surface area (Å²) in [5.41, 5.74) is 2.71. The van der Waals surface area contributed by atoms with Crippen molar-refractivity contribution in [3.8, 4) is 17.1 Å². The van der Waals surface area contributed by atoms with E-state index >= 15 is 0 Å². The second-order valence-electron chi connectivity index (χ2n) is 5.65. The van der Waals surface area contributed by atoms with Crippen molar-refractivity contribution < 1.29 is 13.5 Å². The molecule has 124 valence electrons. The summed E-state index contributed by atoms with van der Waals surface area (Å²) in [4.78, 5) is 7.42. The highest BCUT2D eigenvalue weighted by Gasteiger charge is 2.15. The van der Waals surface area contributed by atoms with E-state index in [9.17, 15) is 8.78 Å². The fourth-order valence-electron chi connectivity index (χ4n) is 2.65. The number of para-hydroxylation sites is 2. The van der Waals surface area contributed by atoms with Gasteiger partial charge in [0.1, 0.15) is 12.4 Å². The minimum atomic E-state index is -0.758. The topological polar surface area (TPSA) is 37.9 Å². The Morgan fingerprint density at radius 3 is 2.28 bits per heavy atom. The third-order valence-electron chi connectivity index (χ3n) is 3.89. The molecule has 1 N–H and O–H groups in total. The Morgan fingerprint density at radius 2 is 1.56 bits per heavy atom. The number of hydrogen-bond donors (Lipinski definition) is 1. The van der Waals surface area contributed by atoms with Crippen LogP contribution in [0.15, 0.2) is 66.7 Å². The highest BCUT2D eigenvalue weighted by Crippen LogP contribution is 2.29. The third kappa shape index (κ3) is 3.08. The second-order valence-corrected chi connectivity index (χ2v) is 5.65. The molecule has 0 saturated carbocycles. The zero-order valence-corrected chi connectivity index (χ0v) is 13.2. The molecule has 1 aromatic heterocycles. The molecule has 1 heterocycles. The van der Waals surface area contributed by atoms with E-state index in [1.165, 1.54) is 12.1 Å². The summed E-state index contributed by atoms with van der Waals surface area (Å²) < 4.78 is 34.0. The first-order chi connectivity index (χ1) is 12.2. The first-order valence-electron chi connectivity index (χ1n) is 7.81. The van der Waals surface area contributed by atoms with Crippen LogP contribution in [0.2, 0.25) is 0 Å². The lowest BCUT2D eigenvalue weighted by Crippen LogP contribution is -2.00. The van der Waals surface area contributed by atoms with Crippen molar-refractivity contribution in [2.75, 3.05) is 0 Å². The summed E-state index contributed by atoms with van der Waals surface area (Å²) in [5, 5.41) is 0. The number of benzene rings is 3. The fraction of sp³-hybridized carbons (Fsp3) is 0.0500. The number of H-pyrrole nitrogens is 1. The van der Waals surface area contributed by atoms with Crippen LogP contribution in [0.3, 0.4) is 0 Å². The molecule has 0 aliphatic heterocycles. The number of rotatable bonds is 4. The largest absolute Gasteiger partial charge is 0.483 e. The van der Waals surface area contributed by atoms with Crippen LogP contribution in [0.4, 0.5) is 8.78 Å². The van der Waals surface area contributed by atoms with Gasteiger partial charge in [0.2, 0.25) is 0 Å². The Morgan fingerprint density at radius 1 is 0.880 bits per heavy atom. The van der Waals surface area contributed by atoms with Gasteiger partial charge in [-0.1, -0.05) is 42.5 Å². The lowest BCUT2D eigenvalue weighted by Gasteiger charge is -2.09. The molecule has 0 atom stereocenters. The molecular formula is C20H14F2N2O. The number of ether oxygens (including phenoxy) is 1. The van der Waals surface area contributed by atoms with Gasteiger partial charge in [-0.25, -0.2) is 13.8 Å². The lowest BCUT2D eigenvalue weighted by molar-refractivity contribution is 0.274. The monoisotopic (exact) mass is 336 g/mol. The number of aromatic amines is 1. The molecule has 25 heavy (non-hydrogen) atoms. The summed E-state index contributed by atoms with van der Waals surface area (Å²) in [6.45, 7) is 0.0959. The van der Waals surface area contributed by atoms with Gasteiger partial charge in [0.15, 0.2) is 17.4 Å². The molecule has 0 aliphatic carbocycles. The van der Waals surface area contributed by atoms with Crippen LogP contribution in [-0.4, -0.2) is 9.97 Å². The van der Waals surface area contributed by atoms with Crippen molar-refractivity contribution in [2.45, 2.75) is 6.61 Å². The van der Waals surface area contributed by atoms with E-state index in [2.05, 4.69) is 9.97 Å². The molecule has 0 amide bonds. The number of aromatic nitrogens is 2. The van der Waals surface area contributed by atoms with Gasteiger partial charge >= 0.3 is 0 Å². The van der Waals surface area contributed by atoms with Crippen LogP contribution in [0.1, 0.15) is 5.56 Å². The van der Waals surface area contributed by atoms with E-state index in [1.807, 2.05) is 54.6 Å². The molecule has 3 nitrogen and oxygen atoms in total. The molecule has 4 rings (SSSR count). The average molecular weight is 336 g/mol. The first-order valence-corrected chi connectivity index (χ1v) is 7.81. The number of halogens is 2. The van der Waals surface area contributed by atoms with Crippen LogP contribution in [0.5, 0.6) is 5.75 Å². The Labute approximate surface area is 142 Å². The van der Waals surface area contributed by atoms with Crippen LogP contribution in [-0.2, 0) is 6.61 Å². The average Bonchev–Trinajstić information content (AvgIpc) is 3.06. The Kier molecular flexibility index (Phi) is 3.90. The number of hydrogen-bond acceptors (Lipinski definition) is 2. The third-order valence-corrected chi connectivity index (χ3v) is 3.89. The van der Waals surface area contributed by atoms with E-state index in [4.69, 9.17) is 4.74 Å². The van der Waals surface area contributed by atoms with Crippen molar-refractivity contribution in [1.29, 1.82) is 0 Å². The van der Waals surface area contributed by atoms with Gasteiger partial charge in [-0.3, -0.25) is 0 Å². The molecule has 0 saturated heterocycles. The molecule has 5 heteroatoms. The van der Waals surface area contributed by atoms with Crippen LogP contribution < -0.4 is 4.74 Å². The molecule has 0 bridgehead atoms. The summed E-state index contributed by atoms with van der Waals surface area (Å²) >= 11 is 0. The summed E-state index contributed by atoms with van der Waals surface area (Å²) in [5.74, 6) is -1.49. The zero-order valence-electron chi connectivity index (χ0n) is 13.2. The van der Waals surface area contributed by atoms with Crippen LogP contribution in [0.25, 0.3) is 22.4 Å². The Balaban J connectivity index is 1.63. The number of nitrogens with one attached hydrogen (secondary N) is 1. The molecule has 0 fully saturated rings. The van der Waals surface area contributed by atoms with Crippen molar-refractivity contribution in [3.05, 3.63) is 83.9 Å². The van der Waals surface area contributed by atoms with Gasteiger partial charge in [0.05, 0.1) is 11.0 Å². The highest BCUT2D eigenvalue weighted by atomic mass is 19.1. The smallest absolute Gasteiger partial charge is 0.191 e. The zero-order chi connectivity index (χ0) is 17.2. The van der Waals surface area contributed by atoms with E-state index < -0.39 is 11.6 Å². The van der Waals surface area contributed by atoms with Crippen LogP contribution in [0, 0.1) is 11.6 Å². The van der Waals surface area contributed by atoms with Crippen molar-refractivity contribution in [3.63, 3.8) is 0 Å². The maximum atomic E-state index is 14.3. The molecule has 4 aromatic rings. The van der Waals surface area contributed by atoms with Crippen molar-refractivity contribution in [1.82, 2.24) is 9.97 Å². The maximum Gasteiger partial charge on any atom is 0.191 e. The first kappa shape index (κ1) is 15.3. The van der Waals surface area contributed by atoms with Crippen LogP contribution >= 0.6 is 0 Å². The Bertz CT molecular complexity index is 972. The molecule has 0 spiro atoms. The van der Waals surface area contributed by atoms with E-state index in [-0.39, 0.29) is 12.4 Å². The lowest BCUT2D eigenvalue weighted by atomic mass is 10.2.